The largest absolute Gasteiger partial charge is 0.367 e. The van der Waals surface area contributed by atoms with E-state index in [0.717, 1.165) is 31.8 Å². The third kappa shape index (κ3) is 3.62. The van der Waals surface area contributed by atoms with Crippen LogP contribution in [0.1, 0.15) is 12.0 Å². The van der Waals surface area contributed by atoms with E-state index in [0.29, 0.717) is 4.75 Å². The lowest BCUT2D eigenvalue weighted by Gasteiger charge is -2.47. The van der Waals surface area contributed by atoms with Crippen LogP contribution in [0.25, 0.3) is 0 Å². The predicted octanol–water partition coefficient (Wildman–Crippen LogP) is 1.25. The average molecular weight is 321 g/mol. The number of likely N-dealkylation sites (tertiary alicyclic amines) is 1. The number of carbonyl (C=O) groups is 1. The highest BCUT2D eigenvalue weighted by Gasteiger charge is 2.49. The van der Waals surface area contributed by atoms with Crippen LogP contribution in [0.5, 0.6) is 0 Å². The van der Waals surface area contributed by atoms with E-state index in [2.05, 4.69) is 16.0 Å². The van der Waals surface area contributed by atoms with Crippen LogP contribution in [0.15, 0.2) is 24.5 Å². The third-order valence-electron chi connectivity index (χ3n) is 4.27. The number of aromatic nitrogens is 1. The van der Waals surface area contributed by atoms with Gasteiger partial charge in [-0.15, -0.1) is 11.8 Å². The first-order valence-corrected chi connectivity index (χ1v) is 8.62. The molecule has 120 valence electrons. The number of pyridine rings is 1. The van der Waals surface area contributed by atoms with Crippen molar-refractivity contribution < 1.29 is 9.53 Å². The molecule has 1 atom stereocenters. The molecule has 0 N–H and O–H groups in total. The second-order valence-electron chi connectivity index (χ2n) is 6.43. The molecule has 2 fully saturated rings. The molecule has 2 saturated heterocycles. The zero-order chi connectivity index (χ0) is 15.6. The molecule has 3 rings (SSSR count). The Kier molecular flexibility index (Phi) is 4.70. The van der Waals surface area contributed by atoms with Crippen LogP contribution in [-0.4, -0.2) is 71.1 Å². The molecule has 3 heterocycles. The van der Waals surface area contributed by atoms with Crippen molar-refractivity contribution in [3.63, 3.8) is 0 Å². The van der Waals surface area contributed by atoms with Gasteiger partial charge in [-0.2, -0.15) is 0 Å². The van der Waals surface area contributed by atoms with Gasteiger partial charge in [-0.3, -0.25) is 14.7 Å². The lowest BCUT2D eigenvalue weighted by atomic mass is 9.92. The molecule has 2 aliphatic heterocycles. The van der Waals surface area contributed by atoms with Gasteiger partial charge in [0.05, 0.1) is 6.10 Å². The molecule has 1 amide bonds. The Balaban J connectivity index is 1.41. The summed E-state index contributed by atoms with van der Waals surface area (Å²) >= 11 is 2.01. The van der Waals surface area contributed by atoms with Crippen molar-refractivity contribution in [3.05, 3.63) is 30.1 Å². The number of thioether (sulfide) groups is 1. The number of amides is 1. The minimum Gasteiger partial charge on any atom is -0.367 e. The standard InChI is InChI=1S/C16H23N3O2S/c1-18(2)15(20)9-21-14-6-16(22-10-14)11-19(12-16)8-13-4-3-5-17-7-13/h3-5,7,14H,6,8-12H2,1-2H3/t14-/m0/s1. The molecule has 1 spiro atoms. The first-order valence-electron chi connectivity index (χ1n) is 7.63. The molecule has 1 aromatic rings. The Morgan fingerprint density at radius 1 is 1.55 bits per heavy atom. The maximum atomic E-state index is 11.6. The third-order valence-corrected chi connectivity index (χ3v) is 5.84. The Hall–Kier alpha value is -1.11. The summed E-state index contributed by atoms with van der Waals surface area (Å²) in [4.78, 5) is 19.8. The minimum atomic E-state index is 0.0396. The zero-order valence-electron chi connectivity index (χ0n) is 13.2. The van der Waals surface area contributed by atoms with Crippen LogP contribution in [-0.2, 0) is 16.1 Å². The van der Waals surface area contributed by atoms with Crippen molar-refractivity contribution in [3.8, 4) is 0 Å². The SMILES string of the molecule is CN(C)C(=O)CO[C@@H]1CSC2(C1)CN(Cc1cccnc1)C2. The fourth-order valence-electron chi connectivity index (χ4n) is 3.08. The second kappa shape index (κ2) is 6.56. The summed E-state index contributed by atoms with van der Waals surface area (Å²) in [6.45, 7) is 3.39. The van der Waals surface area contributed by atoms with E-state index in [1.807, 2.05) is 30.2 Å². The maximum Gasteiger partial charge on any atom is 0.248 e. The topological polar surface area (TPSA) is 45.7 Å². The van der Waals surface area contributed by atoms with Crippen molar-refractivity contribution in [2.24, 2.45) is 0 Å². The smallest absolute Gasteiger partial charge is 0.248 e. The van der Waals surface area contributed by atoms with E-state index >= 15 is 0 Å². The number of rotatable bonds is 5. The number of hydrogen-bond acceptors (Lipinski definition) is 5. The van der Waals surface area contributed by atoms with Gasteiger partial charge in [-0.25, -0.2) is 0 Å². The number of nitrogens with zero attached hydrogens (tertiary/aromatic N) is 3. The van der Waals surface area contributed by atoms with Gasteiger partial charge in [-0.05, 0) is 18.1 Å². The van der Waals surface area contributed by atoms with Crippen molar-refractivity contribution in [2.75, 3.05) is 39.5 Å². The summed E-state index contributed by atoms with van der Waals surface area (Å²) in [5.41, 5.74) is 1.27. The van der Waals surface area contributed by atoms with Gasteiger partial charge in [-0.1, -0.05) is 6.07 Å². The Morgan fingerprint density at radius 3 is 3.05 bits per heavy atom. The molecule has 0 saturated carbocycles. The fourth-order valence-corrected chi connectivity index (χ4v) is 4.68. The molecule has 0 aliphatic carbocycles. The number of carbonyl (C=O) groups excluding carboxylic acids is 1. The number of hydrogen-bond donors (Lipinski definition) is 0. The molecular formula is C16H23N3O2S. The van der Waals surface area contributed by atoms with Crippen LogP contribution < -0.4 is 0 Å². The highest BCUT2D eigenvalue weighted by atomic mass is 32.2. The highest BCUT2D eigenvalue weighted by molar-refractivity contribution is 8.01. The summed E-state index contributed by atoms with van der Waals surface area (Å²) < 4.78 is 6.11. The van der Waals surface area contributed by atoms with E-state index in [1.54, 1.807) is 19.0 Å². The van der Waals surface area contributed by atoms with Gasteiger partial charge in [0.2, 0.25) is 5.91 Å². The summed E-state index contributed by atoms with van der Waals surface area (Å²) in [5, 5.41) is 0. The first-order chi connectivity index (χ1) is 10.6. The van der Waals surface area contributed by atoms with Crippen LogP contribution in [0.4, 0.5) is 0 Å². The van der Waals surface area contributed by atoms with Gasteiger partial charge < -0.3 is 9.64 Å². The average Bonchev–Trinajstić information content (AvgIpc) is 2.90. The van der Waals surface area contributed by atoms with Crippen molar-refractivity contribution in [2.45, 2.75) is 23.8 Å². The molecular weight excluding hydrogens is 298 g/mol. The summed E-state index contributed by atoms with van der Waals surface area (Å²) in [5.74, 6) is 1.04. The lowest BCUT2D eigenvalue weighted by Crippen LogP contribution is -2.58. The number of likely N-dealkylation sites (N-methyl/N-ethyl adjacent to an activating group) is 1. The number of ether oxygens (including phenoxy) is 1. The Bertz CT molecular complexity index is 517. The highest BCUT2D eigenvalue weighted by Crippen LogP contribution is 2.46. The van der Waals surface area contributed by atoms with Crippen molar-refractivity contribution in [1.29, 1.82) is 0 Å². The van der Waals surface area contributed by atoms with Gasteiger partial charge in [0, 0.05) is 56.6 Å². The first kappa shape index (κ1) is 15.8. The van der Waals surface area contributed by atoms with Crippen LogP contribution in [0, 0.1) is 0 Å². The zero-order valence-corrected chi connectivity index (χ0v) is 14.0. The molecule has 6 heteroatoms. The van der Waals surface area contributed by atoms with Crippen LogP contribution >= 0.6 is 11.8 Å². The van der Waals surface area contributed by atoms with Crippen molar-refractivity contribution >= 4 is 17.7 Å². The van der Waals surface area contributed by atoms with Gasteiger partial charge in [0.1, 0.15) is 6.61 Å². The summed E-state index contributed by atoms with van der Waals surface area (Å²) in [6, 6.07) is 4.11. The van der Waals surface area contributed by atoms with Gasteiger partial charge in [0.15, 0.2) is 0 Å². The summed E-state index contributed by atoms with van der Waals surface area (Å²) in [7, 11) is 3.53. The molecule has 5 nitrogen and oxygen atoms in total. The quantitative estimate of drug-likeness (QED) is 0.817. The molecule has 2 aliphatic rings. The minimum absolute atomic E-state index is 0.0396. The molecule has 0 bridgehead atoms. The molecule has 1 aromatic heterocycles. The van der Waals surface area contributed by atoms with E-state index in [-0.39, 0.29) is 18.6 Å². The fraction of sp³-hybridized carbons (Fsp3) is 0.625. The monoisotopic (exact) mass is 321 g/mol. The van der Waals surface area contributed by atoms with Crippen LogP contribution in [0.3, 0.4) is 0 Å². The molecule has 0 radical (unpaired) electrons. The maximum absolute atomic E-state index is 11.6. The van der Waals surface area contributed by atoms with Crippen molar-refractivity contribution in [1.82, 2.24) is 14.8 Å². The lowest BCUT2D eigenvalue weighted by molar-refractivity contribution is -0.135. The van der Waals surface area contributed by atoms with E-state index in [4.69, 9.17) is 4.74 Å². The Labute approximate surface area is 136 Å². The normalized spacial score (nSPS) is 23.5. The van der Waals surface area contributed by atoms with E-state index < -0.39 is 0 Å². The molecule has 0 unspecified atom stereocenters. The Morgan fingerprint density at radius 2 is 2.36 bits per heavy atom. The summed E-state index contributed by atoms with van der Waals surface area (Å²) in [6.07, 6.45) is 5.02. The van der Waals surface area contributed by atoms with Crippen LogP contribution in [0.2, 0.25) is 0 Å². The molecule has 0 aromatic carbocycles. The predicted molar refractivity (Wildman–Crippen MR) is 87.8 cm³/mol. The second-order valence-corrected chi connectivity index (χ2v) is 7.91. The van der Waals surface area contributed by atoms with Gasteiger partial charge in [0.25, 0.3) is 0 Å². The van der Waals surface area contributed by atoms with E-state index in [1.165, 1.54) is 5.56 Å². The van der Waals surface area contributed by atoms with Gasteiger partial charge >= 0.3 is 0 Å². The van der Waals surface area contributed by atoms with E-state index in [9.17, 15) is 4.79 Å². The molecule has 22 heavy (non-hydrogen) atoms.